The van der Waals surface area contributed by atoms with Crippen LogP contribution in [-0.2, 0) is 9.53 Å². The van der Waals surface area contributed by atoms with Gasteiger partial charge >= 0.3 is 5.97 Å². The molecule has 4 heteroatoms. The van der Waals surface area contributed by atoms with Crippen molar-refractivity contribution in [3.8, 4) is 0 Å². The molecule has 4 nitrogen and oxygen atoms in total. The third-order valence-electron chi connectivity index (χ3n) is 2.82. The molecule has 0 aliphatic carbocycles. The van der Waals surface area contributed by atoms with Crippen LogP contribution < -0.4 is 0 Å². The number of ether oxygens (including phenoxy) is 1. The van der Waals surface area contributed by atoms with Gasteiger partial charge in [0.25, 0.3) is 0 Å². The van der Waals surface area contributed by atoms with Crippen LogP contribution in [0.2, 0.25) is 0 Å². The van der Waals surface area contributed by atoms with E-state index in [0.717, 1.165) is 19.6 Å². The summed E-state index contributed by atoms with van der Waals surface area (Å²) in [4.78, 5) is 16.1. The van der Waals surface area contributed by atoms with E-state index in [-0.39, 0.29) is 11.6 Å². The predicted molar refractivity (Wildman–Crippen MR) is 64.4 cm³/mol. The van der Waals surface area contributed by atoms with Crippen LogP contribution in [0, 0.1) is 0 Å². The van der Waals surface area contributed by atoms with Crippen molar-refractivity contribution in [3.63, 3.8) is 0 Å². The van der Waals surface area contributed by atoms with E-state index in [4.69, 9.17) is 4.74 Å². The summed E-state index contributed by atoms with van der Waals surface area (Å²) in [6.45, 7) is 11.2. The zero-order valence-electron chi connectivity index (χ0n) is 11.1. The predicted octanol–water partition coefficient (Wildman–Crippen LogP) is 0.964. The lowest BCUT2D eigenvalue weighted by Gasteiger charge is -2.37. The first kappa shape index (κ1) is 13.5. The minimum absolute atomic E-state index is 0.121. The third-order valence-corrected chi connectivity index (χ3v) is 2.82. The quantitative estimate of drug-likeness (QED) is 0.659. The molecule has 16 heavy (non-hydrogen) atoms. The van der Waals surface area contributed by atoms with E-state index in [9.17, 15) is 4.79 Å². The summed E-state index contributed by atoms with van der Waals surface area (Å²) in [6.07, 6.45) is 0. The van der Waals surface area contributed by atoms with E-state index in [0.29, 0.717) is 12.6 Å². The Labute approximate surface area is 98.5 Å². The summed E-state index contributed by atoms with van der Waals surface area (Å²) >= 11 is 0. The fraction of sp³-hybridized carbons (Fsp3) is 0.917. The van der Waals surface area contributed by atoms with Crippen LogP contribution in [0.25, 0.3) is 0 Å². The van der Waals surface area contributed by atoms with Gasteiger partial charge in [0.15, 0.2) is 0 Å². The summed E-state index contributed by atoms with van der Waals surface area (Å²) in [7, 11) is 2.12. The standard InChI is InChI=1S/C12H24N2O2/c1-10-8-14(7-6-13(10)5)9-11(15)16-12(2,3)4/h10H,6-9H2,1-5H3. The number of esters is 1. The molecule has 94 valence electrons. The van der Waals surface area contributed by atoms with Crippen molar-refractivity contribution < 1.29 is 9.53 Å². The number of carbonyl (C=O) groups excluding carboxylic acids is 1. The Morgan fingerprint density at radius 1 is 1.38 bits per heavy atom. The smallest absolute Gasteiger partial charge is 0.320 e. The van der Waals surface area contributed by atoms with Crippen LogP contribution in [0.3, 0.4) is 0 Å². The summed E-state index contributed by atoms with van der Waals surface area (Å²) in [5, 5.41) is 0. The van der Waals surface area contributed by atoms with Gasteiger partial charge in [-0.1, -0.05) is 0 Å². The molecule has 0 aromatic rings. The lowest BCUT2D eigenvalue weighted by molar-refractivity contribution is -0.156. The second kappa shape index (κ2) is 5.15. The van der Waals surface area contributed by atoms with Crippen molar-refractivity contribution in [1.29, 1.82) is 0 Å². The molecule has 0 saturated carbocycles. The van der Waals surface area contributed by atoms with Crippen LogP contribution in [-0.4, -0.2) is 60.6 Å². The highest BCUT2D eigenvalue weighted by Crippen LogP contribution is 2.10. The Morgan fingerprint density at radius 3 is 2.50 bits per heavy atom. The molecule has 0 amide bonds. The monoisotopic (exact) mass is 228 g/mol. The maximum absolute atomic E-state index is 11.6. The lowest BCUT2D eigenvalue weighted by atomic mass is 10.2. The largest absolute Gasteiger partial charge is 0.459 e. The zero-order valence-corrected chi connectivity index (χ0v) is 11.1. The van der Waals surface area contributed by atoms with Gasteiger partial charge in [0, 0.05) is 25.7 Å². The van der Waals surface area contributed by atoms with Gasteiger partial charge in [-0.15, -0.1) is 0 Å². The third kappa shape index (κ3) is 4.49. The van der Waals surface area contributed by atoms with Gasteiger partial charge in [-0.2, -0.15) is 0 Å². The highest BCUT2D eigenvalue weighted by Gasteiger charge is 2.24. The molecule has 1 saturated heterocycles. The molecule has 1 aliphatic heterocycles. The molecule has 0 N–H and O–H groups in total. The first-order valence-corrected chi connectivity index (χ1v) is 5.92. The minimum atomic E-state index is -0.380. The van der Waals surface area contributed by atoms with Crippen LogP contribution >= 0.6 is 0 Å². The molecule has 0 bridgehead atoms. The summed E-state index contributed by atoms with van der Waals surface area (Å²) < 4.78 is 5.31. The molecule has 0 spiro atoms. The molecule has 1 fully saturated rings. The molecule has 0 radical (unpaired) electrons. The maximum Gasteiger partial charge on any atom is 0.320 e. The molecule has 0 aromatic heterocycles. The normalized spacial score (nSPS) is 24.4. The van der Waals surface area contributed by atoms with Crippen molar-refractivity contribution >= 4 is 5.97 Å². The summed E-state index contributed by atoms with van der Waals surface area (Å²) in [6, 6.07) is 0.510. The van der Waals surface area contributed by atoms with Crippen molar-refractivity contribution in [2.75, 3.05) is 33.2 Å². The first-order valence-electron chi connectivity index (χ1n) is 5.92. The number of hydrogen-bond donors (Lipinski definition) is 0. The highest BCUT2D eigenvalue weighted by atomic mass is 16.6. The minimum Gasteiger partial charge on any atom is -0.459 e. The fourth-order valence-electron chi connectivity index (χ4n) is 1.82. The number of piperazine rings is 1. The van der Waals surface area contributed by atoms with Gasteiger partial charge in [0.05, 0.1) is 6.54 Å². The van der Waals surface area contributed by atoms with Crippen LogP contribution in [0.1, 0.15) is 27.7 Å². The Morgan fingerprint density at radius 2 is 2.00 bits per heavy atom. The zero-order chi connectivity index (χ0) is 12.3. The van der Waals surface area contributed by atoms with E-state index in [1.54, 1.807) is 0 Å². The van der Waals surface area contributed by atoms with Gasteiger partial charge < -0.3 is 9.64 Å². The maximum atomic E-state index is 11.6. The van der Waals surface area contributed by atoms with E-state index >= 15 is 0 Å². The van der Waals surface area contributed by atoms with Gasteiger partial charge in [-0.25, -0.2) is 0 Å². The molecule has 1 aliphatic rings. The molecular weight excluding hydrogens is 204 g/mol. The second-order valence-electron chi connectivity index (χ2n) is 5.65. The number of hydrogen-bond acceptors (Lipinski definition) is 4. The number of rotatable bonds is 2. The number of carbonyl (C=O) groups is 1. The van der Waals surface area contributed by atoms with Crippen molar-refractivity contribution in [1.82, 2.24) is 9.80 Å². The average Bonchev–Trinajstić information content (AvgIpc) is 2.08. The van der Waals surface area contributed by atoms with Crippen molar-refractivity contribution in [2.24, 2.45) is 0 Å². The molecule has 0 aromatic carbocycles. The average molecular weight is 228 g/mol. The van der Waals surface area contributed by atoms with Gasteiger partial charge in [-0.3, -0.25) is 9.69 Å². The Bertz CT molecular complexity index is 248. The van der Waals surface area contributed by atoms with E-state index < -0.39 is 0 Å². The second-order valence-corrected chi connectivity index (χ2v) is 5.65. The fourth-order valence-corrected chi connectivity index (χ4v) is 1.82. The van der Waals surface area contributed by atoms with Crippen molar-refractivity contribution in [2.45, 2.75) is 39.3 Å². The van der Waals surface area contributed by atoms with Crippen LogP contribution in [0.4, 0.5) is 0 Å². The summed E-state index contributed by atoms with van der Waals surface area (Å²) in [5.41, 5.74) is -0.380. The molecule has 1 rings (SSSR count). The van der Waals surface area contributed by atoms with Gasteiger partial charge in [0.1, 0.15) is 5.60 Å². The van der Waals surface area contributed by atoms with Gasteiger partial charge in [0.2, 0.25) is 0 Å². The number of nitrogens with zero attached hydrogens (tertiary/aromatic N) is 2. The lowest BCUT2D eigenvalue weighted by Crippen LogP contribution is -2.51. The SMILES string of the molecule is CC1CN(CC(=O)OC(C)(C)C)CCN1C. The first-order chi connectivity index (χ1) is 7.28. The molecular formula is C12H24N2O2. The van der Waals surface area contributed by atoms with E-state index in [1.807, 2.05) is 20.8 Å². The van der Waals surface area contributed by atoms with Crippen LogP contribution in [0.15, 0.2) is 0 Å². The highest BCUT2D eigenvalue weighted by molar-refractivity contribution is 5.72. The molecule has 1 atom stereocenters. The molecule has 1 unspecified atom stereocenters. The summed E-state index contributed by atoms with van der Waals surface area (Å²) in [5.74, 6) is -0.121. The van der Waals surface area contributed by atoms with Crippen molar-refractivity contribution in [3.05, 3.63) is 0 Å². The Kier molecular flexibility index (Phi) is 4.33. The Hall–Kier alpha value is -0.610. The number of likely N-dealkylation sites (N-methyl/N-ethyl adjacent to an activating group) is 1. The van der Waals surface area contributed by atoms with E-state index in [2.05, 4.69) is 23.8 Å². The Balaban J connectivity index is 2.35. The van der Waals surface area contributed by atoms with Gasteiger partial charge in [-0.05, 0) is 34.7 Å². The topological polar surface area (TPSA) is 32.8 Å². The van der Waals surface area contributed by atoms with Crippen LogP contribution in [0.5, 0.6) is 0 Å². The molecule has 1 heterocycles. The van der Waals surface area contributed by atoms with E-state index in [1.165, 1.54) is 0 Å².